The van der Waals surface area contributed by atoms with Crippen molar-refractivity contribution in [3.63, 3.8) is 0 Å². The first-order valence-electron chi connectivity index (χ1n) is 7.59. The van der Waals surface area contributed by atoms with Gasteiger partial charge in [0.2, 0.25) is 5.91 Å². The van der Waals surface area contributed by atoms with Crippen LogP contribution in [0.2, 0.25) is 0 Å². The van der Waals surface area contributed by atoms with Gasteiger partial charge >= 0.3 is 0 Å². The Balaban J connectivity index is 1.63. The number of carbonyl (C=O) groups is 1. The van der Waals surface area contributed by atoms with Gasteiger partial charge in [-0.05, 0) is 25.3 Å². The highest BCUT2D eigenvalue weighted by molar-refractivity contribution is 7.22. The van der Waals surface area contributed by atoms with Gasteiger partial charge in [-0.3, -0.25) is 4.79 Å². The maximum absolute atomic E-state index is 12.0. The second kappa shape index (κ2) is 5.48. The van der Waals surface area contributed by atoms with Gasteiger partial charge in [0.15, 0.2) is 10.9 Å². The van der Waals surface area contributed by atoms with Crippen molar-refractivity contribution in [2.24, 2.45) is 5.92 Å². The summed E-state index contributed by atoms with van der Waals surface area (Å²) in [6.45, 7) is 1.56. The Labute approximate surface area is 132 Å². The summed E-state index contributed by atoms with van der Waals surface area (Å²) in [7, 11) is 2.05. The summed E-state index contributed by atoms with van der Waals surface area (Å²) in [5.41, 5.74) is 0.881. The first-order valence-corrected chi connectivity index (χ1v) is 8.41. The Kier molecular flexibility index (Phi) is 3.46. The molecular weight excluding hydrogens is 300 g/mol. The van der Waals surface area contributed by atoms with Crippen molar-refractivity contribution in [1.29, 1.82) is 0 Å². The average molecular weight is 318 g/mol. The molecule has 7 heteroatoms. The van der Waals surface area contributed by atoms with Gasteiger partial charge in [0.05, 0.1) is 22.9 Å². The van der Waals surface area contributed by atoms with E-state index in [4.69, 9.17) is 4.74 Å². The van der Waals surface area contributed by atoms with Crippen LogP contribution in [0.15, 0.2) is 12.3 Å². The van der Waals surface area contributed by atoms with Gasteiger partial charge in [0.1, 0.15) is 0 Å². The summed E-state index contributed by atoms with van der Waals surface area (Å²) in [4.78, 5) is 23.2. The maximum atomic E-state index is 12.0. The molecule has 2 fully saturated rings. The van der Waals surface area contributed by atoms with Gasteiger partial charge in [-0.2, -0.15) is 0 Å². The number of carbonyl (C=O) groups excluding carboxylic acids is 1. The SMILES string of the molecule is CN(c1nc2ccnc(NC(=O)C3CC3)c2s1)C1CCOC1. The minimum absolute atomic E-state index is 0.0764. The lowest BCUT2D eigenvalue weighted by Gasteiger charge is -2.21. The van der Waals surface area contributed by atoms with Crippen LogP contribution >= 0.6 is 11.3 Å². The molecule has 1 aliphatic heterocycles. The zero-order valence-corrected chi connectivity index (χ0v) is 13.2. The second-order valence-corrected chi connectivity index (χ2v) is 6.87. The molecule has 2 aliphatic rings. The number of nitrogens with zero attached hydrogens (tertiary/aromatic N) is 3. The molecule has 1 saturated heterocycles. The van der Waals surface area contributed by atoms with Crippen molar-refractivity contribution in [1.82, 2.24) is 9.97 Å². The molecule has 0 aromatic carbocycles. The number of anilines is 2. The zero-order chi connectivity index (χ0) is 15.1. The molecule has 1 aliphatic carbocycles. The number of hydrogen-bond acceptors (Lipinski definition) is 6. The number of fused-ring (bicyclic) bond motifs is 1. The molecule has 6 nitrogen and oxygen atoms in total. The van der Waals surface area contributed by atoms with Crippen molar-refractivity contribution < 1.29 is 9.53 Å². The Bertz CT molecular complexity index is 707. The molecule has 0 radical (unpaired) electrons. The molecule has 1 saturated carbocycles. The van der Waals surface area contributed by atoms with Crippen LogP contribution in [0.25, 0.3) is 10.2 Å². The minimum Gasteiger partial charge on any atom is -0.379 e. The molecule has 0 spiro atoms. The van der Waals surface area contributed by atoms with Gasteiger partial charge in [-0.25, -0.2) is 9.97 Å². The molecule has 1 unspecified atom stereocenters. The van der Waals surface area contributed by atoms with Crippen molar-refractivity contribution in [3.05, 3.63) is 12.3 Å². The summed E-state index contributed by atoms with van der Waals surface area (Å²) in [5, 5.41) is 3.89. The van der Waals surface area contributed by atoms with E-state index in [0.29, 0.717) is 11.9 Å². The number of amides is 1. The van der Waals surface area contributed by atoms with E-state index in [1.165, 1.54) is 0 Å². The average Bonchev–Trinajstić information content (AvgIpc) is 3.06. The molecule has 4 rings (SSSR count). The fraction of sp³-hybridized carbons (Fsp3) is 0.533. The summed E-state index contributed by atoms with van der Waals surface area (Å²) < 4.78 is 6.39. The van der Waals surface area contributed by atoms with Crippen LogP contribution in [0.3, 0.4) is 0 Å². The molecule has 1 N–H and O–H groups in total. The van der Waals surface area contributed by atoms with Crippen molar-refractivity contribution >= 4 is 38.4 Å². The van der Waals surface area contributed by atoms with Crippen LogP contribution in [0.5, 0.6) is 0 Å². The predicted octanol–water partition coefficient (Wildman–Crippen LogP) is 2.26. The Hall–Kier alpha value is -1.73. The van der Waals surface area contributed by atoms with Crippen LogP contribution in [0.4, 0.5) is 10.9 Å². The summed E-state index contributed by atoms with van der Waals surface area (Å²) in [6, 6.07) is 2.26. The molecule has 1 atom stereocenters. The molecule has 2 aromatic heterocycles. The van der Waals surface area contributed by atoms with Gasteiger partial charge < -0.3 is 15.0 Å². The molecule has 0 bridgehead atoms. The lowest BCUT2D eigenvalue weighted by atomic mass is 10.2. The summed E-state index contributed by atoms with van der Waals surface area (Å²) >= 11 is 1.57. The number of rotatable bonds is 4. The van der Waals surface area contributed by atoms with Gasteiger partial charge in [0, 0.05) is 25.8 Å². The molecule has 116 valence electrons. The number of aromatic nitrogens is 2. The smallest absolute Gasteiger partial charge is 0.228 e. The van der Waals surface area contributed by atoms with Crippen LogP contribution in [-0.4, -0.2) is 42.2 Å². The van der Waals surface area contributed by atoms with Gasteiger partial charge in [-0.1, -0.05) is 11.3 Å². The van der Waals surface area contributed by atoms with Crippen molar-refractivity contribution in [3.8, 4) is 0 Å². The third-order valence-corrected chi connectivity index (χ3v) is 5.41. The predicted molar refractivity (Wildman–Crippen MR) is 86.4 cm³/mol. The van der Waals surface area contributed by atoms with E-state index in [0.717, 1.165) is 47.8 Å². The second-order valence-electron chi connectivity index (χ2n) is 5.90. The lowest BCUT2D eigenvalue weighted by molar-refractivity contribution is -0.117. The Morgan fingerprint density at radius 2 is 2.32 bits per heavy atom. The number of thiazole rings is 1. The van der Waals surface area contributed by atoms with Crippen LogP contribution < -0.4 is 10.2 Å². The highest BCUT2D eigenvalue weighted by Gasteiger charge is 2.30. The molecule has 2 aromatic rings. The van der Waals surface area contributed by atoms with E-state index >= 15 is 0 Å². The zero-order valence-electron chi connectivity index (χ0n) is 12.4. The number of pyridine rings is 1. The van der Waals surface area contributed by atoms with E-state index in [-0.39, 0.29) is 11.8 Å². The Morgan fingerprint density at radius 3 is 3.05 bits per heavy atom. The third-order valence-electron chi connectivity index (χ3n) is 4.24. The highest BCUT2D eigenvalue weighted by Crippen LogP contribution is 2.35. The molecule has 1 amide bonds. The van der Waals surface area contributed by atoms with E-state index in [1.54, 1.807) is 17.5 Å². The lowest BCUT2D eigenvalue weighted by Crippen LogP contribution is -2.31. The van der Waals surface area contributed by atoms with Crippen molar-refractivity contribution in [2.75, 3.05) is 30.5 Å². The number of likely N-dealkylation sites (N-methyl/N-ethyl adjacent to an activating group) is 1. The fourth-order valence-corrected chi connectivity index (χ4v) is 3.67. The summed E-state index contributed by atoms with van der Waals surface area (Å²) in [6.07, 6.45) is 4.70. The molecule has 3 heterocycles. The van der Waals surface area contributed by atoms with Gasteiger partial charge in [0.25, 0.3) is 0 Å². The number of nitrogens with one attached hydrogen (secondary N) is 1. The maximum Gasteiger partial charge on any atom is 0.228 e. The topological polar surface area (TPSA) is 67.4 Å². The monoisotopic (exact) mass is 318 g/mol. The van der Waals surface area contributed by atoms with E-state index < -0.39 is 0 Å². The molecular formula is C15H18N4O2S. The largest absolute Gasteiger partial charge is 0.379 e. The number of ether oxygens (including phenoxy) is 1. The number of hydrogen-bond donors (Lipinski definition) is 1. The highest BCUT2D eigenvalue weighted by atomic mass is 32.1. The summed E-state index contributed by atoms with van der Waals surface area (Å²) in [5.74, 6) is 0.879. The van der Waals surface area contributed by atoms with E-state index in [1.807, 2.05) is 13.1 Å². The fourth-order valence-electron chi connectivity index (χ4n) is 2.63. The first-order chi connectivity index (χ1) is 10.7. The van der Waals surface area contributed by atoms with Crippen LogP contribution in [0.1, 0.15) is 19.3 Å². The standard InChI is InChI=1S/C15H18N4O2S/c1-19(10-5-7-21-8-10)15-17-11-4-6-16-13(12(11)22-15)18-14(20)9-2-3-9/h4,6,9-10H,2-3,5,7-8H2,1H3,(H,16,18,20). The molecule has 22 heavy (non-hydrogen) atoms. The third kappa shape index (κ3) is 2.55. The van der Waals surface area contributed by atoms with Crippen LogP contribution in [0, 0.1) is 5.92 Å². The van der Waals surface area contributed by atoms with Crippen molar-refractivity contribution in [2.45, 2.75) is 25.3 Å². The van der Waals surface area contributed by atoms with Crippen LogP contribution in [-0.2, 0) is 9.53 Å². The first kappa shape index (κ1) is 13.9. The van der Waals surface area contributed by atoms with Gasteiger partial charge in [-0.15, -0.1) is 0 Å². The van der Waals surface area contributed by atoms with E-state index in [2.05, 4.69) is 20.2 Å². The normalized spacial score (nSPS) is 21.2. The van der Waals surface area contributed by atoms with E-state index in [9.17, 15) is 4.79 Å². The minimum atomic E-state index is 0.0764. The Morgan fingerprint density at radius 1 is 1.45 bits per heavy atom. The quantitative estimate of drug-likeness (QED) is 0.936.